The minimum absolute atomic E-state index is 0.0312. The normalized spacial score (nSPS) is 18.3. The van der Waals surface area contributed by atoms with E-state index in [0.717, 1.165) is 6.42 Å². The molecule has 5 heteroatoms. The van der Waals surface area contributed by atoms with Crippen LogP contribution in [0.5, 0.6) is 5.75 Å². The van der Waals surface area contributed by atoms with Crippen molar-refractivity contribution in [3.05, 3.63) is 35.4 Å². The molecule has 2 rings (SSSR count). The van der Waals surface area contributed by atoms with Crippen molar-refractivity contribution in [1.82, 2.24) is 0 Å². The molecule has 5 nitrogen and oxygen atoms in total. The van der Waals surface area contributed by atoms with Crippen molar-refractivity contribution in [3.8, 4) is 5.75 Å². The lowest BCUT2D eigenvalue weighted by Crippen LogP contribution is -2.41. The average molecular weight is 304 g/mol. The largest absolute Gasteiger partial charge is 0.490 e. The van der Waals surface area contributed by atoms with E-state index in [-0.39, 0.29) is 11.7 Å². The lowest BCUT2D eigenvalue weighted by Gasteiger charge is -2.29. The van der Waals surface area contributed by atoms with Crippen molar-refractivity contribution in [2.24, 2.45) is 0 Å². The Morgan fingerprint density at radius 1 is 1.18 bits per heavy atom. The molecule has 0 N–H and O–H groups in total. The molecule has 22 heavy (non-hydrogen) atoms. The zero-order chi connectivity index (χ0) is 16.3. The van der Waals surface area contributed by atoms with Gasteiger partial charge in [0, 0.05) is 19.4 Å². The number of rotatable bonds is 4. The summed E-state index contributed by atoms with van der Waals surface area (Å²) in [5, 5.41) is 0. The Morgan fingerprint density at radius 3 is 2.36 bits per heavy atom. The van der Waals surface area contributed by atoms with Gasteiger partial charge in [0.2, 0.25) is 0 Å². The van der Waals surface area contributed by atoms with E-state index in [1.165, 1.54) is 19.9 Å². The Balaban J connectivity index is 2.33. The summed E-state index contributed by atoms with van der Waals surface area (Å²) < 4.78 is 16.0. The van der Waals surface area contributed by atoms with Crippen LogP contribution in [0.2, 0.25) is 0 Å². The molecule has 1 aliphatic rings. The lowest BCUT2D eigenvalue weighted by molar-refractivity contribution is -0.222. The molecule has 0 aliphatic carbocycles. The highest BCUT2D eigenvalue weighted by atomic mass is 16.7. The van der Waals surface area contributed by atoms with E-state index >= 15 is 0 Å². The second kappa shape index (κ2) is 6.22. The molecular weight excluding hydrogens is 284 g/mol. The summed E-state index contributed by atoms with van der Waals surface area (Å²) >= 11 is 0. The number of carbonyl (C=O) groups excluding carboxylic acids is 2. The van der Waals surface area contributed by atoms with Crippen molar-refractivity contribution in [1.29, 1.82) is 0 Å². The van der Waals surface area contributed by atoms with E-state index in [1.807, 2.05) is 19.9 Å². The Morgan fingerprint density at radius 2 is 1.77 bits per heavy atom. The highest BCUT2D eigenvalue weighted by molar-refractivity contribution is 6.19. The fourth-order valence-electron chi connectivity index (χ4n) is 1.94. The van der Waals surface area contributed by atoms with E-state index < -0.39 is 17.7 Å². The molecule has 0 spiro atoms. The molecule has 0 bridgehead atoms. The summed E-state index contributed by atoms with van der Waals surface area (Å²) in [6, 6.07) is 7.20. The number of hydrogen-bond donors (Lipinski definition) is 0. The second-order valence-corrected chi connectivity index (χ2v) is 5.61. The first-order chi connectivity index (χ1) is 10.3. The number of benzene rings is 1. The summed E-state index contributed by atoms with van der Waals surface area (Å²) in [6.45, 7) is 7.00. The molecule has 1 atom stereocenters. The highest BCUT2D eigenvalue weighted by Gasteiger charge is 2.38. The van der Waals surface area contributed by atoms with Crippen LogP contribution in [0.3, 0.4) is 0 Å². The second-order valence-electron chi connectivity index (χ2n) is 5.61. The van der Waals surface area contributed by atoms with Crippen LogP contribution in [-0.4, -0.2) is 23.8 Å². The van der Waals surface area contributed by atoms with Gasteiger partial charge in [0.25, 0.3) is 5.79 Å². The van der Waals surface area contributed by atoms with E-state index in [1.54, 1.807) is 18.2 Å². The van der Waals surface area contributed by atoms with Crippen molar-refractivity contribution >= 4 is 18.0 Å². The van der Waals surface area contributed by atoms with Crippen LogP contribution in [0.1, 0.15) is 39.7 Å². The molecular formula is C17H20O5. The Labute approximate surface area is 129 Å². The molecule has 1 fully saturated rings. The first-order valence-corrected chi connectivity index (χ1v) is 7.26. The molecule has 0 aromatic heterocycles. The van der Waals surface area contributed by atoms with Gasteiger partial charge in [-0.05, 0) is 25.5 Å². The highest BCUT2D eigenvalue weighted by Crippen LogP contribution is 2.27. The fourth-order valence-corrected chi connectivity index (χ4v) is 1.94. The molecule has 1 saturated heterocycles. The van der Waals surface area contributed by atoms with Crippen LogP contribution in [0.25, 0.3) is 6.08 Å². The summed E-state index contributed by atoms with van der Waals surface area (Å²) in [5.74, 6) is -2.02. The van der Waals surface area contributed by atoms with E-state index in [4.69, 9.17) is 14.2 Å². The molecule has 0 amide bonds. The van der Waals surface area contributed by atoms with Crippen LogP contribution in [-0.2, 0) is 19.1 Å². The van der Waals surface area contributed by atoms with Gasteiger partial charge in [-0.25, -0.2) is 9.59 Å². The lowest BCUT2D eigenvalue weighted by atomic mass is 10.1. The molecule has 1 unspecified atom stereocenters. The van der Waals surface area contributed by atoms with Gasteiger partial charge in [0.15, 0.2) is 0 Å². The third-order valence-electron chi connectivity index (χ3n) is 3.24. The summed E-state index contributed by atoms with van der Waals surface area (Å²) in [6.07, 6.45) is 2.32. The molecule has 0 radical (unpaired) electrons. The smallest absolute Gasteiger partial charge is 0.348 e. The minimum Gasteiger partial charge on any atom is -0.490 e. The van der Waals surface area contributed by atoms with E-state index in [9.17, 15) is 9.59 Å². The summed E-state index contributed by atoms with van der Waals surface area (Å²) in [4.78, 5) is 24.0. The van der Waals surface area contributed by atoms with Crippen molar-refractivity contribution in [2.45, 2.75) is 46.0 Å². The maximum absolute atomic E-state index is 12.0. The number of carbonyl (C=O) groups is 2. The van der Waals surface area contributed by atoms with Crippen LogP contribution < -0.4 is 4.74 Å². The first-order valence-electron chi connectivity index (χ1n) is 7.26. The van der Waals surface area contributed by atoms with E-state index in [2.05, 4.69) is 0 Å². The number of ether oxygens (including phenoxy) is 3. The van der Waals surface area contributed by atoms with Crippen LogP contribution in [0.4, 0.5) is 0 Å². The molecule has 1 aromatic rings. The van der Waals surface area contributed by atoms with Crippen LogP contribution in [0, 0.1) is 0 Å². The third-order valence-corrected chi connectivity index (χ3v) is 3.24. The number of esters is 2. The van der Waals surface area contributed by atoms with Gasteiger partial charge in [-0.3, -0.25) is 0 Å². The van der Waals surface area contributed by atoms with Gasteiger partial charge in [-0.2, -0.15) is 0 Å². The molecule has 1 aliphatic heterocycles. The predicted octanol–water partition coefficient (Wildman–Crippen LogP) is 3.08. The molecule has 0 saturated carbocycles. The Kier molecular flexibility index (Phi) is 4.54. The van der Waals surface area contributed by atoms with Gasteiger partial charge in [0.1, 0.15) is 11.3 Å². The SMILES string of the molecule is CCC(C)Oc1ccccc1C=C1C(=O)OC(C)(C)OC1=O. The van der Waals surface area contributed by atoms with Gasteiger partial charge < -0.3 is 14.2 Å². The zero-order valence-electron chi connectivity index (χ0n) is 13.2. The maximum Gasteiger partial charge on any atom is 0.348 e. The van der Waals surface area contributed by atoms with Gasteiger partial charge in [-0.1, -0.05) is 25.1 Å². The van der Waals surface area contributed by atoms with Gasteiger partial charge >= 0.3 is 11.9 Å². The number of cyclic esters (lactones) is 2. The number of hydrogen-bond acceptors (Lipinski definition) is 5. The minimum atomic E-state index is -1.24. The van der Waals surface area contributed by atoms with Crippen molar-refractivity contribution in [2.75, 3.05) is 0 Å². The quantitative estimate of drug-likeness (QED) is 0.486. The van der Waals surface area contributed by atoms with Gasteiger partial charge in [-0.15, -0.1) is 0 Å². The molecule has 1 aromatic carbocycles. The third kappa shape index (κ3) is 3.67. The Hall–Kier alpha value is -2.30. The average Bonchev–Trinajstić information content (AvgIpc) is 2.43. The van der Waals surface area contributed by atoms with Crippen molar-refractivity contribution < 1.29 is 23.8 Å². The van der Waals surface area contributed by atoms with Crippen LogP contribution in [0.15, 0.2) is 29.8 Å². The van der Waals surface area contributed by atoms with Gasteiger partial charge in [0.05, 0.1) is 6.10 Å². The van der Waals surface area contributed by atoms with Crippen LogP contribution >= 0.6 is 0 Å². The predicted molar refractivity (Wildman–Crippen MR) is 81.1 cm³/mol. The monoisotopic (exact) mass is 304 g/mol. The fraction of sp³-hybridized carbons (Fsp3) is 0.412. The Bertz CT molecular complexity index is 593. The first kappa shape index (κ1) is 16.1. The number of para-hydroxylation sites is 1. The zero-order valence-corrected chi connectivity index (χ0v) is 13.2. The summed E-state index contributed by atoms with van der Waals surface area (Å²) in [5.41, 5.74) is 0.492. The topological polar surface area (TPSA) is 61.8 Å². The van der Waals surface area contributed by atoms with Crippen molar-refractivity contribution in [3.63, 3.8) is 0 Å². The molecule has 118 valence electrons. The summed E-state index contributed by atoms with van der Waals surface area (Å²) in [7, 11) is 0. The standard InChI is InChI=1S/C17H20O5/c1-5-11(2)20-14-9-7-6-8-12(14)10-13-15(18)21-17(3,4)22-16(13)19/h6-11H,5H2,1-4H3. The maximum atomic E-state index is 12.0. The molecule has 1 heterocycles. The van der Waals surface area contributed by atoms with E-state index in [0.29, 0.717) is 11.3 Å².